The van der Waals surface area contributed by atoms with Crippen molar-refractivity contribution >= 4 is 0 Å². The van der Waals surface area contributed by atoms with Gasteiger partial charge in [-0.3, -0.25) is 4.90 Å². The molecule has 1 rings (SSSR count). The summed E-state index contributed by atoms with van der Waals surface area (Å²) in [6.07, 6.45) is -0.554. The van der Waals surface area contributed by atoms with Crippen molar-refractivity contribution in [1.82, 2.24) is 4.90 Å². The molecule has 1 unspecified atom stereocenters. The van der Waals surface area contributed by atoms with Gasteiger partial charge in [0.2, 0.25) is 0 Å². The van der Waals surface area contributed by atoms with E-state index in [9.17, 15) is 5.11 Å². The molecule has 0 aromatic heterocycles. The first-order valence-corrected chi connectivity index (χ1v) is 7.30. The summed E-state index contributed by atoms with van der Waals surface area (Å²) in [5, 5.41) is 18.7. The highest BCUT2D eigenvalue weighted by Gasteiger charge is 2.11. The molecule has 1 atom stereocenters. The van der Waals surface area contributed by atoms with Crippen LogP contribution in [0.15, 0.2) is 24.3 Å². The topological polar surface area (TPSA) is 65.7 Å². The van der Waals surface area contributed by atoms with Gasteiger partial charge in [0, 0.05) is 19.7 Å². The molecule has 0 saturated heterocycles. The summed E-state index contributed by atoms with van der Waals surface area (Å²) in [7, 11) is 0. The van der Waals surface area contributed by atoms with Gasteiger partial charge in [0.1, 0.15) is 18.5 Å². The van der Waals surface area contributed by atoms with E-state index in [1.807, 2.05) is 6.92 Å². The Hall–Kier alpha value is -1.61. The minimum atomic E-state index is -0.554. The van der Waals surface area contributed by atoms with Crippen LogP contribution in [0.4, 0.5) is 0 Å². The summed E-state index contributed by atoms with van der Waals surface area (Å²) in [5.74, 6) is 0.658. The Morgan fingerprint density at radius 3 is 2.57 bits per heavy atom. The molecule has 0 bridgehead atoms. The van der Waals surface area contributed by atoms with Gasteiger partial charge in [0.15, 0.2) is 0 Å². The Balaban J connectivity index is 2.31. The van der Waals surface area contributed by atoms with Gasteiger partial charge in [0.25, 0.3) is 0 Å². The lowest BCUT2D eigenvalue weighted by atomic mass is 10.2. The first kappa shape index (κ1) is 17.4. The largest absolute Gasteiger partial charge is 0.491 e. The van der Waals surface area contributed by atoms with Crippen LogP contribution in [-0.2, 0) is 4.74 Å². The minimum Gasteiger partial charge on any atom is -0.491 e. The van der Waals surface area contributed by atoms with Gasteiger partial charge in [-0.15, -0.1) is 0 Å². The maximum absolute atomic E-state index is 10.0. The summed E-state index contributed by atoms with van der Waals surface area (Å²) in [6, 6.07) is 8.91. The van der Waals surface area contributed by atoms with Gasteiger partial charge >= 0.3 is 0 Å². The molecule has 0 heterocycles. The van der Waals surface area contributed by atoms with Crippen LogP contribution in [0.25, 0.3) is 0 Å². The number of benzene rings is 1. The number of nitriles is 1. The van der Waals surface area contributed by atoms with Crippen molar-refractivity contribution < 1.29 is 14.6 Å². The zero-order valence-corrected chi connectivity index (χ0v) is 12.8. The summed E-state index contributed by atoms with van der Waals surface area (Å²) in [5.41, 5.74) is 0.594. The number of hydrogen-bond acceptors (Lipinski definition) is 5. The fourth-order valence-corrected chi connectivity index (χ4v) is 1.89. The zero-order valence-electron chi connectivity index (χ0n) is 12.8. The Morgan fingerprint density at radius 2 is 2.00 bits per heavy atom. The van der Waals surface area contributed by atoms with Crippen LogP contribution in [0.5, 0.6) is 5.75 Å². The molecule has 1 aromatic rings. The third-order valence-electron chi connectivity index (χ3n) is 3.10. The lowest BCUT2D eigenvalue weighted by Crippen LogP contribution is -2.37. The zero-order chi connectivity index (χ0) is 15.5. The predicted molar refractivity (Wildman–Crippen MR) is 81.3 cm³/mol. The summed E-state index contributed by atoms with van der Waals surface area (Å²) in [6.45, 7) is 7.86. The standard InChI is InChI=1S/C16H24N2O3/c1-3-18(9-10-20-4-2)12-15(19)13-21-16-7-5-14(11-17)6-8-16/h5-8,15,19H,3-4,9-10,12-13H2,1-2H3. The fourth-order valence-electron chi connectivity index (χ4n) is 1.89. The molecule has 1 N–H and O–H groups in total. The molecule has 0 fully saturated rings. The second-order valence-electron chi connectivity index (χ2n) is 4.69. The molecule has 21 heavy (non-hydrogen) atoms. The van der Waals surface area contributed by atoms with E-state index in [4.69, 9.17) is 14.7 Å². The highest BCUT2D eigenvalue weighted by atomic mass is 16.5. The van der Waals surface area contributed by atoms with E-state index in [0.29, 0.717) is 31.1 Å². The third kappa shape index (κ3) is 7.09. The van der Waals surface area contributed by atoms with E-state index < -0.39 is 6.10 Å². The summed E-state index contributed by atoms with van der Waals surface area (Å²) >= 11 is 0. The third-order valence-corrected chi connectivity index (χ3v) is 3.10. The van der Waals surface area contributed by atoms with E-state index in [1.54, 1.807) is 24.3 Å². The van der Waals surface area contributed by atoms with E-state index in [-0.39, 0.29) is 6.61 Å². The normalized spacial score (nSPS) is 12.1. The molecule has 5 nitrogen and oxygen atoms in total. The molecule has 0 aliphatic heterocycles. The summed E-state index contributed by atoms with van der Waals surface area (Å²) < 4.78 is 10.8. The van der Waals surface area contributed by atoms with Gasteiger partial charge in [-0.05, 0) is 37.7 Å². The molecule has 0 amide bonds. The SMILES string of the molecule is CCOCCN(CC)CC(O)COc1ccc(C#N)cc1. The van der Waals surface area contributed by atoms with Crippen molar-refractivity contribution in [1.29, 1.82) is 5.26 Å². The molecule has 0 saturated carbocycles. The number of aliphatic hydroxyl groups excluding tert-OH is 1. The first-order chi connectivity index (χ1) is 10.2. The Bertz CT molecular complexity index is 428. The van der Waals surface area contributed by atoms with E-state index in [0.717, 1.165) is 13.1 Å². The monoisotopic (exact) mass is 292 g/mol. The average molecular weight is 292 g/mol. The van der Waals surface area contributed by atoms with Crippen LogP contribution in [0.2, 0.25) is 0 Å². The number of likely N-dealkylation sites (N-methyl/N-ethyl adjacent to an activating group) is 1. The van der Waals surface area contributed by atoms with E-state index in [1.165, 1.54) is 0 Å². The van der Waals surface area contributed by atoms with Crippen molar-refractivity contribution in [3.8, 4) is 11.8 Å². The highest BCUT2D eigenvalue weighted by Crippen LogP contribution is 2.11. The lowest BCUT2D eigenvalue weighted by molar-refractivity contribution is 0.0537. The van der Waals surface area contributed by atoms with Crippen LogP contribution in [0.3, 0.4) is 0 Å². The highest BCUT2D eigenvalue weighted by molar-refractivity contribution is 5.34. The molecule has 0 aliphatic rings. The molecule has 116 valence electrons. The van der Waals surface area contributed by atoms with Crippen LogP contribution in [0.1, 0.15) is 19.4 Å². The number of aliphatic hydroxyl groups is 1. The van der Waals surface area contributed by atoms with Gasteiger partial charge in [-0.25, -0.2) is 0 Å². The molecule has 1 aromatic carbocycles. The molecular formula is C16H24N2O3. The van der Waals surface area contributed by atoms with Gasteiger partial charge in [-0.1, -0.05) is 6.92 Å². The molecular weight excluding hydrogens is 268 g/mol. The summed E-state index contributed by atoms with van der Waals surface area (Å²) in [4.78, 5) is 2.13. The van der Waals surface area contributed by atoms with Crippen molar-refractivity contribution in [2.75, 3.05) is 39.5 Å². The van der Waals surface area contributed by atoms with Crippen molar-refractivity contribution in [2.24, 2.45) is 0 Å². The van der Waals surface area contributed by atoms with Crippen molar-refractivity contribution in [2.45, 2.75) is 20.0 Å². The second-order valence-corrected chi connectivity index (χ2v) is 4.69. The van der Waals surface area contributed by atoms with E-state index >= 15 is 0 Å². The number of hydrogen-bond donors (Lipinski definition) is 1. The molecule has 0 radical (unpaired) electrons. The molecule has 0 aliphatic carbocycles. The molecule has 5 heteroatoms. The number of nitrogens with zero attached hydrogens (tertiary/aromatic N) is 2. The van der Waals surface area contributed by atoms with Crippen molar-refractivity contribution in [3.05, 3.63) is 29.8 Å². The van der Waals surface area contributed by atoms with E-state index in [2.05, 4.69) is 17.9 Å². The average Bonchev–Trinajstić information content (AvgIpc) is 2.52. The minimum absolute atomic E-state index is 0.233. The van der Waals surface area contributed by atoms with Crippen LogP contribution in [-0.4, -0.2) is 55.6 Å². The van der Waals surface area contributed by atoms with Gasteiger partial charge in [-0.2, -0.15) is 5.26 Å². The van der Waals surface area contributed by atoms with Gasteiger partial charge < -0.3 is 14.6 Å². The first-order valence-electron chi connectivity index (χ1n) is 7.30. The van der Waals surface area contributed by atoms with Crippen molar-refractivity contribution in [3.63, 3.8) is 0 Å². The number of rotatable bonds is 10. The maximum Gasteiger partial charge on any atom is 0.119 e. The maximum atomic E-state index is 10.0. The van der Waals surface area contributed by atoms with Gasteiger partial charge in [0.05, 0.1) is 18.2 Å². The number of ether oxygens (including phenoxy) is 2. The van der Waals surface area contributed by atoms with Crippen LogP contribution in [0, 0.1) is 11.3 Å². The fraction of sp³-hybridized carbons (Fsp3) is 0.562. The second kappa shape index (κ2) is 10.2. The lowest BCUT2D eigenvalue weighted by Gasteiger charge is -2.23. The Morgan fingerprint density at radius 1 is 1.29 bits per heavy atom. The molecule has 0 spiro atoms. The predicted octanol–water partition coefficient (Wildman–Crippen LogP) is 1.66. The van der Waals surface area contributed by atoms with Crippen LogP contribution < -0.4 is 4.74 Å². The Kier molecular flexibility index (Phi) is 8.44. The smallest absolute Gasteiger partial charge is 0.119 e. The quantitative estimate of drug-likeness (QED) is 0.664. The Labute approximate surface area is 126 Å². The van der Waals surface area contributed by atoms with Crippen LogP contribution >= 0.6 is 0 Å².